The third-order valence-electron chi connectivity index (χ3n) is 2.78. The molecule has 0 unspecified atom stereocenters. The quantitative estimate of drug-likeness (QED) is 0.908. The van der Waals surface area contributed by atoms with Crippen LogP contribution in [0.5, 0.6) is 5.75 Å². The molecule has 0 aliphatic rings. The number of benzene rings is 1. The average Bonchev–Trinajstić information content (AvgIpc) is 2.80. The van der Waals surface area contributed by atoms with Crippen molar-refractivity contribution in [3.05, 3.63) is 48.3 Å². The first-order valence-corrected chi connectivity index (χ1v) is 6.08. The molecule has 0 amide bonds. The van der Waals surface area contributed by atoms with Gasteiger partial charge in [0.2, 0.25) is 0 Å². The zero-order valence-corrected chi connectivity index (χ0v) is 10.9. The number of aryl methyl sites for hydroxylation is 1. The third-order valence-corrected chi connectivity index (χ3v) is 2.78. The van der Waals surface area contributed by atoms with E-state index in [1.165, 1.54) is 12.1 Å². The second kappa shape index (κ2) is 5.90. The first-order chi connectivity index (χ1) is 9.44. The molecule has 0 radical (unpaired) electrons. The highest BCUT2D eigenvalue weighted by molar-refractivity contribution is 5.46. The molecule has 2 rings (SSSR count). The van der Waals surface area contributed by atoms with Crippen LogP contribution in [0.3, 0.4) is 0 Å². The highest BCUT2D eigenvalue weighted by atomic mass is 19.4. The Hall–Kier alpha value is -2.11. The van der Waals surface area contributed by atoms with E-state index in [2.05, 4.69) is 10.1 Å². The first kappa shape index (κ1) is 14.3. The van der Waals surface area contributed by atoms with Gasteiger partial charge in [-0.15, -0.1) is 0 Å². The van der Waals surface area contributed by atoms with Crippen LogP contribution in [0, 0.1) is 0 Å². The molecule has 0 fully saturated rings. The molecule has 6 heteroatoms. The Morgan fingerprint density at radius 2 is 1.85 bits per heavy atom. The molecule has 0 saturated heterocycles. The molecule has 0 bridgehead atoms. The highest BCUT2D eigenvalue weighted by Gasteiger charge is 2.28. The largest absolute Gasteiger partial charge is 0.484 e. The number of anilines is 1. The molecule has 1 heterocycles. The molecule has 0 saturated carbocycles. The molecular weight excluding hydrogens is 269 g/mol. The summed E-state index contributed by atoms with van der Waals surface area (Å²) in [6.07, 6.45) is -2.37. The molecule has 0 atom stereocenters. The van der Waals surface area contributed by atoms with Crippen LogP contribution in [-0.2, 0) is 13.6 Å². The standard InChI is InChI=1S/C14H15F3N2O/c1-19-8-2-3-12(19)9-18-11-4-6-13(7-5-11)20-10-14(15,16)17/h2-8,18H,9-10H2,1H3. The van der Waals surface area contributed by atoms with Crippen molar-refractivity contribution in [1.82, 2.24) is 4.57 Å². The van der Waals surface area contributed by atoms with Gasteiger partial charge in [-0.05, 0) is 36.4 Å². The first-order valence-electron chi connectivity index (χ1n) is 6.08. The summed E-state index contributed by atoms with van der Waals surface area (Å²) in [5.41, 5.74) is 1.94. The van der Waals surface area contributed by atoms with Gasteiger partial charge < -0.3 is 14.6 Å². The van der Waals surface area contributed by atoms with Gasteiger partial charge in [0.15, 0.2) is 6.61 Å². The Morgan fingerprint density at radius 3 is 2.40 bits per heavy atom. The lowest BCUT2D eigenvalue weighted by molar-refractivity contribution is -0.153. The van der Waals surface area contributed by atoms with Gasteiger partial charge in [-0.3, -0.25) is 0 Å². The molecule has 1 aromatic heterocycles. The zero-order valence-electron chi connectivity index (χ0n) is 10.9. The van der Waals surface area contributed by atoms with Crippen LogP contribution in [0.1, 0.15) is 5.69 Å². The Morgan fingerprint density at radius 1 is 1.15 bits per heavy atom. The minimum Gasteiger partial charge on any atom is -0.484 e. The summed E-state index contributed by atoms with van der Waals surface area (Å²) in [4.78, 5) is 0. The number of aromatic nitrogens is 1. The number of halogens is 3. The maximum Gasteiger partial charge on any atom is 0.422 e. The minimum absolute atomic E-state index is 0.201. The van der Waals surface area contributed by atoms with Crippen LogP contribution in [0.4, 0.5) is 18.9 Å². The summed E-state index contributed by atoms with van der Waals surface area (Å²) < 4.78 is 42.6. The predicted molar refractivity (Wildman–Crippen MR) is 70.7 cm³/mol. The number of nitrogens with one attached hydrogen (secondary N) is 1. The van der Waals surface area contributed by atoms with E-state index in [0.29, 0.717) is 6.54 Å². The van der Waals surface area contributed by atoms with E-state index >= 15 is 0 Å². The van der Waals surface area contributed by atoms with Crippen LogP contribution in [0.2, 0.25) is 0 Å². The highest BCUT2D eigenvalue weighted by Crippen LogP contribution is 2.20. The lowest BCUT2D eigenvalue weighted by Crippen LogP contribution is -2.19. The average molecular weight is 284 g/mol. The van der Waals surface area contributed by atoms with Crippen molar-refractivity contribution in [3.63, 3.8) is 0 Å². The van der Waals surface area contributed by atoms with Crippen LogP contribution < -0.4 is 10.1 Å². The summed E-state index contributed by atoms with van der Waals surface area (Å²) in [5, 5.41) is 3.19. The van der Waals surface area contributed by atoms with Crippen molar-refractivity contribution in [3.8, 4) is 5.75 Å². The maximum atomic E-state index is 12.0. The van der Waals surface area contributed by atoms with E-state index in [4.69, 9.17) is 0 Å². The van der Waals surface area contributed by atoms with Gasteiger partial charge in [0, 0.05) is 24.6 Å². The monoisotopic (exact) mass is 284 g/mol. The maximum absolute atomic E-state index is 12.0. The summed E-state index contributed by atoms with van der Waals surface area (Å²) in [6, 6.07) is 10.3. The lowest BCUT2D eigenvalue weighted by Gasteiger charge is -2.11. The Bertz CT molecular complexity index is 546. The van der Waals surface area contributed by atoms with Gasteiger partial charge >= 0.3 is 6.18 Å². The van der Waals surface area contributed by atoms with Crippen LogP contribution >= 0.6 is 0 Å². The van der Waals surface area contributed by atoms with Crippen molar-refractivity contribution in [2.45, 2.75) is 12.7 Å². The summed E-state index contributed by atoms with van der Waals surface area (Å²) >= 11 is 0. The van der Waals surface area contributed by atoms with E-state index in [1.54, 1.807) is 12.1 Å². The number of nitrogens with zero attached hydrogens (tertiary/aromatic N) is 1. The molecule has 0 aliphatic heterocycles. The summed E-state index contributed by atoms with van der Waals surface area (Å²) in [7, 11) is 1.95. The van der Waals surface area contributed by atoms with Crippen molar-refractivity contribution in [2.24, 2.45) is 7.05 Å². The van der Waals surface area contributed by atoms with E-state index in [0.717, 1.165) is 11.4 Å². The predicted octanol–water partition coefficient (Wildman–Crippen LogP) is 3.58. The van der Waals surface area contributed by atoms with Crippen LogP contribution in [0.25, 0.3) is 0 Å². The number of ether oxygens (including phenoxy) is 1. The van der Waals surface area contributed by atoms with Crippen LogP contribution in [-0.4, -0.2) is 17.4 Å². The fourth-order valence-electron chi connectivity index (χ4n) is 1.71. The smallest absolute Gasteiger partial charge is 0.422 e. The molecule has 0 aliphatic carbocycles. The number of hydrogen-bond acceptors (Lipinski definition) is 2. The molecule has 1 aromatic carbocycles. The third kappa shape index (κ3) is 4.22. The topological polar surface area (TPSA) is 26.2 Å². The van der Waals surface area contributed by atoms with Gasteiger partial charge in [0.25, 0.3) is 0 Å². The summed E-state index contributed by atoms with van der Waals surface area (Å²) in [5.74, 6) is 0.201. The number of rotatable bonds is 5. The van der Waals surface area contributed by atoms with E-state index < -0.39 is 12.8 Å². The van der Waals surface area contributed by atoms with Gasteiger partial charge in [-0.25, -0.2) is 0 Å². The second-order valence-electron chi connectivity index (χ2n) is 4.39. The Labute approximate surface area is 115 Å². The van der Waals surface area contributed by atoms with E-state index in [-0.39, 0.29) is 5.75 Å². The van der Waals surface area contributed by atoms with E-state index in [9.17, 15) is 13.2 Å². The van der Waals surface area contributed by atoms with Gasteiger partial charge in [-0.1, -0.05) is 0 Å². The number of alkyl halides is 3. The second-order valence-corrected chi connectivity index (χ2v) is 4.39. The molecular formula is C14H15F3N2O. The fraction of sp³-hybridized carbons (Fsp3) is 0.286. The van der Waals surface area contributed by atoms with Crippen LogP contribution in [0.15, 0.2) is 42.6 Å². The van der Waals surface area contributed by atoms with E-state index in [1.807, 2.05) is 29.9 Å². The molecule has 108 valence electrons. The van der Waals surface area contributed by atoms with Crippen molar-refractivity contribution < 1.29 is 17.9 Å². The normalized spacial score (nSPS) is 11.4. The molecule has 1 N–H and O–H groups in total. The van der Waals surface area contributed by atoms with Gasteiger partial charge in [0.1, 0.15) is 5.75 Å². The van der Waals surface area contributed by atoms with Crippen molar-refractivity contribution in [1.29, 1.82) is 0 Å². The Kier molecular flexibility index (Phi) is 4.22. The summed E-state index contributed by atoms with van der Waals surface area (Å²) in [6.45, 7) is -0.630. The van der Waals surface area contributed by atoms with Crippen molar-refractivity contribution in [2.75, 3.05) is 11.9 Å². The minimum atomic E-state index is -4.32. The molecule has 2 aromatic rings. The fourth-order valence-corrected chi connectivity index (χ4v) is 1.71. The number of hydrogen-bond donors (Lipinski definition) is 1. The molecule has 20 heavy (non-hydrogen) atoms. The molecule has 3 nitrogen and oxygen atoms in total. The van der Waals surface area contributed by atoms with Crippen molar-refractivity contribution >= 4 is 5.69 Å². The lowest BCUT2D eigenvalue weighted by atomic mass is 10.3. The Balaban J connectivity index is 1.87. The SMILES string of the molecule is Cn1cccc1CNc1ccc(OCC(F)(F)F)cc1. The molecule has 0 spiro atoms. The zero-order chi connectivity index (χ0) is 14.6. The van der Waals surface area contributed by atoms with Gasteiger partial charge in [-0.2, -0.15) is 13.2 Å². The van der Waals surface area contributed by atoms with Gasteiger partial charge in [0.05, 0.1) is 6.54 Å².